The van der Waals surface area contributed by atoms with Crippen LogP contribution in [0.2, 0.25) is 5.02 Å². The molecule has 1 aromatic carbocycles. The SMILES string of the molecule is C=C(OCC)c1c(C)nc(-c2ccc(Cl)c(OC)c2F)nc1N. The average Bonchev–Trinajstić information content (AvgIpc) is 2.47. The first kappa shape index (κ1) is 17.0. The lowest BCUT2D eigenvalue weighted by Gasteiger charge is -2.14. The molecule has 5 nitrogen and oxygen atoms in total. The van der Waals surface area contributed by atoms with E-state index in [1.165, 1.54) is 19.2 Å². The average molecular weight is 338 g/mol. The number of nitrogen functional groups attached to an aromatic ring is 1. The standard InChI is InChI=1S/C16H17ClFN3O2/c1-5-23-9(3)12-8(2)20-16(21-15(12)19)10-6-7-11(17)14(22-4)13(10)18/h6-7H,3,5H2,1-2,4H3,(H2,19,20,21). The van der Waals surface area contributed by atoms with Crippen LogP contribution in [0.4, 0.5) is 10.2 Å². The van der Waals surface area contributed by atoms with Crippen molar-refractivity contribution >= 4 is 23.2 Å². The number of rotatable bonds is 5. The van der Waals surface area contributed by atoms with E-state index in [4.69, 9.17) is 26.8 Å². The monoisotopic (exact) mass is 337 g/mol. The number of aromatic nitrogens is 2. The van der Waals surface area contributed by atoms with Gasteiger partial charge < -0.3 is 15.2 Å². The van der Waals surface area contributed by atoms with Gasteiger partial charge in [0.2, 0.25) is 0 Å². The third kappa shape index (κ3) is 3.22. The molecule has 2 aromatic rings. The number of anilines is 1. The summed E-state index contributed by atoms with van der Waals surface area (Å²) in [5, 5.41) is 0.166. The molecule has 0 saturated heterocycles. The Labute approximate surface area is 138 Å². The molecule has 0 aliphatic carbocycles. The molecular weight excluding hydrogens is 321 g/mol. The van der Waals surface area contributed by atoms with E-state index in [0.717, 1.165) is 0 Å². The molecular formula is C16H17ClFN3O2. The van der Waals surface area contributed by atoms with Crippen molar-refractivity contribution in [1.29, 1.82) is 0 Å². The Hall–Kier alpha value is -2.34. The number of hydrogen-bond donors (Lipinski definition) is 1. The van der Waals surface area contributed by atoms with Crippen molar-refractivity contribution in [2.24, 2.45) is 0 Å². The second kappa shape index (κ2) is 6.83. The summed E-state index contributed by atoms with van der Waals surface area (Å²) in [7, 11) is 1.34. The third-order valence-corrected chi connectivity index (χ3v) is 3.51. The molecule has 0 saturated carbocycles. The van der Waals surface area contributed by atoms with Gasteiger partial charge in [-0.05, 0) is 26.0 Å². The van der Waals surface area contributed by atoms with Gasteiger partial charge in [-0.15, -0.1) is 0 Å². The first-order valence-electron chi connectivity index (χ1n) is 6.89. The zero-order chi connectivity index (χ0) is 17.1. The second-order valence-electron chi connectivity index (χ2n) is 4.69. The fourth-order valence-corrected chi connectivity index (χ4v) is 2.42. The van der Waals surface area contributed by atoms with Gasteiger partial charge in [0.1, 0.15) is 11.6 Å². The Kier molecular flexibility index (Phi) is 5.05. The minimum absolute atomic E-state index is 0.0632. The molecule has 23 heavy (non-hydrogen) atoms. The lowest BCUT2D eigenvalue weighted by Crippen LogP contribution is -2.07. The minimum atomic E-state index is -0.643. The number of hydrogen-bond acceptors (Lipinski definition) is 5. The molecule has 0 radical (unpaired) electrons. The summed E-state index contributed by atoms with van der Waals surface area (Å²) in [6.07, 6.45) is 0. The van der Waals surface area contributed by atoms with Crippen LogP contribution in [0.3, 0.4) is 0 Å². The van der Waals surface area contributed by atoms with E-state index in [2.05, 4.69) is 16.5 Å². The molecule has 1 heterocycles. The van der Waals surface area contributed by atoms with Crippen molar-refractivity contribution in [3.63, 3.8) is 0 Å². The normalized spacial score (nSPS) is 10.5. The van der Waals surface area contributed by atoms with Crippen LogP contribution in [0, 0.1) is 12.7 Å². The largest absolute Gasteiger partial charge is 0.494 e. The van der Waals surface area contributed by atoms with Crippen LogP contribution < -0.4 is 10.5 Å². The summed E-state index contributed by atoms with van der Waals surface area (Å²) in [5.74, 6) is -0.0232. The summed E-state index contributed by atoms with van der Waals surface area (Å²) >= 11 is 5.89. The lowest BCUT2D eigenvalue weighted by atomic mass is 10.1. The molecule has 0 unspecified atom stereocenters. The van der Waals surface area contributed by atoms with Crippen molar-refractivity contribution in [1.82, 2.24) is 9.97 Å². The predicted octanol–water partition coefficient (Wildman–Crippen LogP) is 3.84. The van der Waals surface area contributed by atoms with Crippen LogP contribution >= 0.6 is 11.6 Å². The van der Waals surface area contributed by atoms with Gasteiger partial charge >= 0.3 is 0 Å². The fraction of sp³-hybridized carbons (Fsp3) is 0.250. The van der Waals surface area contributed by atoms with Crippen molar-refractivity contribution in [2.45, 2.75) is 13.8 Å². The summed E-state index contributed by atoms with van der Waals surface area (Å²) < 4.78 is 24.8. The maximum atomic E-state index is 14.5. The van der Waals surface area contributed by atoms with Crippen molar-refractivity contribution in [3.05, 3.63) is 40.8 Å². The molecule has 0 atom stereocenters. The molecule has 0 fully saturated rings. The highest BCUT2D eigenvalue weighted by molar-refractivity contribution is 6.32. The molecule has 1 aromatic heterocycles. The molecule has 122 valence electrons. The highest BCUT2D eigenvalue weighted by Crippen LogP contribution is 2.34. The highest BCUT2D eigenvalue weighted by atomic mass is 35.5. The number of benzene rings is 1. The van der Waals surface area contributed by atoms with Gasteiger partial charge in [-0.2, -0.15) is 0 Å². The Balaban J connectivity index is 2.57. The Bertz CT molecular complexity index is 742. The summed E-state index contributed by atoms with van der Waals surface area (Å²) in [5.41, 5.74) is 7.17. The zero-order valence-electron chi connectivity index (χ0n) is 13.1. The van der Waals surface area contributed by atoms with Crippen molar-refractivity contribution in [2.75, 3.05) is 19.5 Å². The number of nitrogens with zero attached hydrogens (tertiary/aromatic N) is 2. The van der Waals surface area contributed by atoms with Crippen LogP contribution in [0.5, 0.6) is 5.75 Å². The molecule has 0 bridgehead atoms. The van der Waals surface area contributed by atoms with Crippen LogP contribution in [-0.2, 0) is 4.74 Å². The fourth-order valence-electron chi connectivity index (χ4n) is 2.20. The Morgan fingerprint density at radius 2 is 2.09 bits per heavy atom. The summed E-state index contributed by atoms with van der Waals surface area (Å²) in [6.45, 7) is 7.81. The molecule has 0 amide bonds. The maximum Gasteiger partial charge on any atom is 0.177 e. The Morgan fingerprint density at radius 1 is 1.39 bits per heavy atom. The van der Waals surface area contributed by atoms with Crippen molar-refractivity contribution < 1.29 is 13.9 Å². The molecule has 2 N–H and O–H groups in total. The van der Waals surface area contributed by atoms with Gasteiger partial charge in [0.15, 0.2) is 17.4 Å². The number of ether oxygens (including phenoxy) is 2. The number of nitrogens with two attached hydrogens (primary N) is 1. The Morgan fingerprint density at radius 3 is 2.65 bits per heavy atom. The van der Waals surface area contributed by atoms with Gasteiger partial charge in [-0.25, -0.2) is 14.4 Å². The molecule has 0 aliphatic heterocycles. The second-order valence-corrected chi connectivity index (χ2v) is 5.10. The lowest BCUT2D eigenvalue weighted by molar-refractivity contribution is 0.299. The van der Waals surface area contributed by atoms with Gasteiger partial charge in [0.05, 0.1) is 35.6 Å². The van der Waals surface area contributed by atoms with Crippen LogP contribution in [-0.4, -0.2) is 23.7 Å². The predicted molar refractivity (Wildman–Crippen MR) is 88.8 cm³/mol. The highest BCUT2D eigenvalue weighted by Gasteiger charge is 2.19. The maximum absolute atomic E-state index is 14.5. The van der Waals surface area contributed by atoms with Gasteiger partial charge in [-0.3, -0.25) is 0 Å². The van der Waals surface area contributed by atoms with Crippen LogP contribution in [0.1, 0.15) is 18.2 Å². The quantitative estimate of drug-likeness (QED) is 0.839. The zero-order valence-corrected chi connectivity index (χ0v) is 13.9. The van der Waals surface area contributed by atoms with E-state index in [9.17, 15) is 4.39 Å². The first-order chi connectivity index (χ1) is 10.9. The molecule has 0 aliphatic rings. The number of methoxy groups -OCH3 is 1. The van der Waals surface area contributed by atoms with Crippen LogP contribution in [0.25, 0.3) is 17.1 Å². The molecule has 2 rings (SSSR count). The topological polar surface area (TPSA) is 70.3 Å². The minimum Gasteiger partial charge on any atom is -0.494 e. The van der Waals surface area contributed by atoms with Gasteiger partial charge in [0.25, 0.3) is 0 Å². The number of halogens is 2. The first-order valence-corrected chi connectivity index (χ1v) is 7.27. The van der Waals surface area contributed by atoms with E-state index in [1.807, 2.05) is 6.92 Å². The number of aryl methyl sites for hydroxylation is 1. The van der Waals surface area contributed by atoms with E-state index < -0.39 is 5.82 Å². The van der Waals surface area contributed by atoms with Crippen LogP contribution in [0.15, 0.2) is 18.7 Å². The van der Waals surface area contributed by atoms with Gasteiger partial charge in [0, 0.05) is 0 Å². The summed E-state index contributed by atoms with van der Waals surface area (Å²) in [6, 6.07) is 2.99. The van der Waals surface area contributed by atoms with Gasteiger partial charge in [-0.1, -0.05) is 18.2 Å². The third-order valence-electron chi connectivity index (χ3n) is 3.21. The van der Waals surface area contributed by atoms with E-state index >= 15 is 0 Å². The van der Waals surface area contributed by atoms with E-state index in [0.29, 0.717) is 23.6 Å². The van der Waals surface area contributed by atoms with Crippen molar-refractivity contribution in [3.8, 4) is 17.1 Å². The molecule has 7 heteroatoms. The molecule has 0 spiro atoms. The summed E-state index contributed by atoms with van der Waals surface area (Å²) in [4.78, 5) is 8.46. The van der Waals surface area contributed by atoms with E-state index in [1.54, 1.807) is 6.92 Å². The van der Waals surface area contributed by atoms with E-state index in [-0.39, 0.29) is 28.0 Å². The smallest absolute Gasteiger partial charge is 0.177 e.